The average molecular weight is 437 g/mol. The minimum atomic E-state index is -0.525. The Bertz CT molecular complexity index is 503. The van der Waals surface area contributed by atoms with Crippen LogP contribution >= 0.6 is 43.6 Å². The molecule has 0 amide bonds. The number of pyridine rings is 1. The van der Waals surface area contributed by atoms with Crippen LogP contribution in [0.1, 0.15) is 37.5 Å². The van der Waals surface area contributed by atoms with Gasteiger partial charge in [0.25, 0.3) is 0 Å². The SMILES string of the molecule is OC(c1ncc(Br)cc1Br)C1CCOC2(CCSCC2)C1. The summed E-state index contributed by atoms with van der Waals surface area (Å²) in [7, 11) is 0. The number of thioether (sulfide) groups is 1. The molecule has 21 heavy (non-hydrogen) atoms. The predicted molar refractivity (Wildman–Crippen MR) is 92.6 cm³/mol. The first kappa shape index (κ1) is 16.2. The smallest absolute Gasteiger partial charge is 0.100 e. The molecule has 3 nitrogen and oxygen atoms in total. The lowest BCUT2D eigenvalue weighted by Gasteiger charge is -2.44. The van der Waals surface area contributed by atoms with Crippen molar-refractivity contribution >= 4 is 43.6 Å². The van der Waals surface area contributed by atoms with E-state index in [1.54, 1.807) is 6.20 Å². The largest absolute Gasteiger partial charge is 0.386 e. The molecular formula is C15H19Br2NO2S. The van der Waals surface area contributed by atoms with Crippen LogP contribution in [-0.4, -0.2) is 33.8 Å². The highest BCUT2D eigenvalue weighted by molar-refractivity contribution is 9.11. The fraction of sp³-hybridized carbons (Fsp3) is 0.667. The van der Waals surface area contributed by atoms with E-state index in [0.29, 0.717) is 0 Å². The van der Waals surface area contributed by atoms with Crippen LogP contribution in [0.3, 0.4) is 0 Å². The molecule has 6 heteroatoms. The Hall–Kier alpha value is 0.380. The van der Waals surface area contributed by atoms with Crippen molar-refractivity contribution in [2.75, 3.05) is 18.1 Å². The quantitative estimate of drug-likeness (QED) is 0.748. The number of aliphatic hydroxyl groups is 1. The molecule has 1 N–H and O–H groups in total. The van der Waals surface area contributed by atoms with E-state index in [0.717, 1.165) is 46.9 Å². The predicted octanol–water partition coefficient (Wildman–Crippen LogP) is 4.33. The van der Waals surface area contributed by atoms with Crippen LogP contribution in [0.5, 0.6) is 0 Å². The third kappa shape index (κ3) is 3.66. The van der Waals surface area contributed by atoms with Gasteiger partial charge in [-0.15, -0.1) is 0 Å². The van der Waals surface area contributed by atoms with Gasteiger partial charge in [-0.1, -0.05) is 0 Å². The molecule has 1 aromatic rings. The van der Waals surface area contributed by atoms with Crippen LogP contribution in [0, 0.1) is 5.92 Å². The van der Waals surface area contributed by atoms with Crippen molar-refractivity contribution < 1.29 is 9.84 Å². The van der Waals surface area contributed by atoms with E-state index in [-0.39, 0.29) is 11.5 Å². The molecule has 0 radical (unpaired) electrons. The second kappa shape index (κ2) is 6.87. The molecule has 2 fully saturated rings. The second-order valence-corrected chi connectivity index (χ2v) is 8.86. The summed E-state index contributed by atoms with van der Waals surface area (Å²) in [6, 6.07) is 1.94. The molecule has 3 rings (SSSR count). The van der Waals surface area contributed by atoms with Gasteiger partial charge < -0.3 is 9.84 Å². The van der Waals surface area contributed by atoms with E-state index in [2.05, 4.69) is 36.8 Å². The number of aliphatic hydroxyl groups excluding tert-OH is 1. The maximum Gasteiger partial charge on any atom is 0.100 e. The zero-order valence-electron chi connectivity index (χ0n) is 11.7. The van der Waals surface area contributed by atoms with Crippen molar-refractivity contribution in [3.63, 3.8) is 0 Å². The lowest BCUT2D eigenvalue weighted by Crippen LogP contribution is -2.44. The molecule has 3 heterocycles. The molecule has 116 valence electrons. The monoisotopic (exact) mass is 435 g/mol. The zero-order chi connectivity index (χ0) is 14.9. The number of hydrogen-bond donors (Lipinski definition) is 1. The van der Waals surface area contributed by atoms with Gasteiger partial charge in [-0.3, -0.25) is 4.98 Å². The Morgan fingerprint density at radius 2 is 2.14 bits per heavy atom. The topological polar surface area (TPSA) is 42.4 Å². The molecule has 0 aliphatic carbocycles. The highest BCUT2D eigenvalue weighted by atomic mass is 79.9. The molecule has 1 aromatic heterocycles. The molecular weight excluding hydrogens is 418 g/mol. The summed E-state index contributed by atoms with van der Waals surface area (Å²) in [5, 5.41) is 10.8. The Balaban J connectivity index is 1.76. The fourth-order valence-corrected chi connectivity index (χ4v) is 5.75. The summed E-state index contributed by atoms with van der Waals surface area (Å²) in [4.78, 5) is 4.40. The average Bonchev–Trinajstić information content (AvgIpc) is 2.47. The normalized spacial score (nSPS) is 26.7. The summed E-state index contributed by atoms with van der Waals surface area (Å²) < 4.78 is 7.89. The van der Waals surface area contributed by atoms with Gasteiger partial charge in [-0.25, -0.2) is 0 Å². The highest BCUT2D eigenvalue weighted by Crippen LogP contribution is 2.44. The number of rotatable bonds is 2. The highest BCUT2D eigenvalue weighted by Gasteiger charge is 2.41. The maximum atomic E-state index is 10.8. The van der Waals surface area contributed by atoms with Crippen LogP contribution < -0.4 is 0 Å². The van der Waals surface area contributed by atoms with Gasteiger partial charge in [0.05, 0.1) is 11.3 Å². The van der Waals surface area contributed by atoms with Gasteiger partial charge in [0.15, 0.2) is 0 Å². The minimum absolute atomic E-state index is 0.00299. The van der Waals surface area contributed by atoms with Crippen LogP contribution in [0.25, 0.3) is 0 Å². The van der Waals surface area contributed by atoms with Crippen LogP contribution in [0.4, 0.5) is 0 Å². The zero-order valence-corrected chi connectivity index (χ0v) is 15.7. The first-order valence-electron chi connectivity index (χ1n) is 7.30. The van der Waals surface area contributed by atoms with Crippen molar-refractivity contribution in [1.82, 2.24) is 4.98 Å². The molecule has 2 atom stereocenters. The van der Waals surface area contributed by atoms with Crippen LogP contribution in [0.15, 0.2) is 21.2 Å². The maximum absolute atomic E-state index is 10.8. The van der Waals surface area contributed by atoms with Gasteiger partial charge in [-0.05, 0) is 81.0 Å². The van der Waals surface area contributed by atoms with E-state index in [4.69, 9.17) is 4.74 Å². The van der Waals surface area contributed by atoms with E-state index in [1.807, 2.05) is 17.8 Å². The van der Waals surface area contributed by atoms with Gasteiger partial charge in [0.2, 0.25) is 0 Å². The third-order valence-corrected chi connectivity index (χ3v) is 6.55. The summed E-state index contributed by atoms with van der Waals surface area (Å²) in [5.74, 6) is 2.57. The van der Waals surface area contributed by atoms with Gasteiger partial charge in [-0.2, -0.15) is 11.8 Å². The number of aromatic nitrogens is 1. The standard InChI is InChI=1S/C15H19Br2NO2S/c16-11-7-12(17)13(18-9-11)14(19)10-1-4-20-15(8-10)2-5-21-6-3-15/h7,9-10,14,19H,1-6,8H2. The Morgan fingerprint density at radius 3 is 2.86 bits per heavy atom. The minimum Gasteiger partial charge on any atom is -0.386 e. The van der Waals surface area contributed by atoms with E-state index in [1.165, 1.54) is 11.5 Å². The molecule has 0 aromatic carbocycles. The molecule has 0 saturated carbocycles. The van der Waals surface area contributed by atoms with E-state index < -0.39 is 6.10 Å². The Labute approximate surface area is 146 Å². The second-order valence-electron chi connectivity index (χ2n) is 5.86. The van der Waals surface area contributed by atoms with Crippen molar-refractivity contribution in [3.8, 4) is 0 Å². The van der Waals surface area contributed by atoms with Gasteiger partial charge in [0, 0.05) is 21.7 Å². The number of ether oxygens (including phenoxy) is 1. The number of hydrogen-bond acceptors (Lipinski definition) is 4. The summed E-state index contributed by atoms with van der Waals surface area (Å²) >= 11 is 8.92. The third-order valence-electron chi connectivity index (χ3n) is 4.50. The van der Waals surface area contributed by atoms with Crippen molar-refractivity contribution in [2.24, 2.45) is 5.92 Å². The summed E-state index contributed by atoms with van der Waals surface area (Å²) in [6.45, 7) is 0.751. The van der Waals surface area contributed by atoms with E-state index >= 15 is 0 Å². The number of nitrogens with zero attached hydrogens (tertiary/aromatic N) is 1. The van der Waals surface area contributed by atoms with Crippen LogP contribution in [0.2, 0.25) is 0 Å². The summed E-state index contributed by atoms with van der Waals surface area (Å²) in [5.41, 5.74) is 0.738. The molecule has 2 aliphatic heterocycles. The molecule has 2 unspecified atom stereocenters. The molecule has 2 aliphatic rings. The molecule has 2 saturated heterocycles. The first-order chi connectivity index (χ1) is 10.1. The van der Waals surface area contributed by atoms with E-state index in [9.17, 15) is 5.11 Å². The first-order valence-corrected chi connectivity index (χ1v) is 10.0. The van der Waals surface area contributed by atoms with Crippen molar-refractivity contribution in [2.45, 2.75) is 37.4 Å². The van der Waals surface area contributed by atoms with Crippen molar-refractivity contribution in [1.29, 1.82) is 0 Å². The van der Waals surface area contributed by atoms with Gasteiger partial charge >= 0.3 is 0 Å². The van der Waals surface area contributed by atoms with Gasteiger partial charge in [0.1, 0.15) is 6.10 Å². The Kier molecular flexibility index (Phi) is 5.31. The fourth-order valence-electron chi connectivity index (χ4n) is 3.29. The van der Waals surface area contributed by atoms with Crippen LogP contribution in [-0.2, 0) is 4.74 Å². The molecule has 1 spiro atoms. The lowest BCUT2D eigenvalue weighted by atomic mass is 9.79. The lowest BCUT2D eigenvalue weighted by molar-refractivity contribution is -0.121. The van der Waals surface area contributed by atoms with Crippen molar-refractivity contribution in [3.05, 3.63) is 26.9 Å². The number of halogens is 2. The molecule has 0 bridgehead atoms. The Morgan fingerprint density at radius 1 is 1.38 bits per heavy atom. The summed E-state index contributed by atoms with van der Waals surface area (Å²) in [6.07, 6.45) is 5.28.